The summed E-state index contributed by atoms with van der Waals surface area (Å²) in [5.41, 5.74) is 0.0948. The average molecular weight is 185 g/mol. The molecule has 0 radical (unpaired) electrons. The van der Waals surface area contributed by atoms with Crippen LogP contribution in [0.1, 0.15) is 33.6 Å². The molecule has 0 aromatic carbocycles. The number of hydrogen-bond donors (Lipinski definition) is 2. The van der Waals surface area contributed by atoms with E-state index in [1.54, 1.807) is 6.08 Å². The maximum atomic E-state index is 10.1. The molecule has 3 heteroatoms. The Labute approximate surface area is 79.8 Å². The zero-order valence-corrected chi connectivity index (χ0v) is 8.63. The smallest absolute Gasteiger partial charge is 0.328 e. The van der Waals surface area contributed by atoms with Crippen LogP contribution in [0.2, 0.25) is 0 Å². The van der Waals surface area contributed by atoms with Gasteiger partial charge in [0.1, 0.15) is 0 Å². The minimum absolute atomic E-state index is 0.0948. The lowest BCUT2D eigenvalue weighted by atomic mass is 9.99. The SMILES string of the molecule is CCCC(C)(C)NC/C=C/C(=O)O. The highest BCUT2D eigenvalue weighted by molar-refractivity contribution is 5.79. The predicted molar refractivity (Wildman–Crippen MR) is 53.8 cm³/mol. The second kappa shape index (κ2) is 5.75. The third-order valence-corrected chi connectivity index (χ3v) is 1.83. The molecular formula is C10H19NO2. The molecule has 0 aromatic heterocycles. The third-order valence-electron chi connectivity index (χ3n) is 1.83. The van der Waals surface area contributed by atoms with Gasteiger partial charge in [-0.3, -0.25) is 0 Å². The molecule has 2 N–H and O–H groups in total. The Morgan fingerprint density at radius 1 is 1.54 bits per heavy atom. The number of carboxylic acids is 1. The fourth-order valence-electron chi connectivity index (χ4n) is 1.21. The van der Waals surface area contributed by atoms with Crippen LogP contribution in [0.25, 0.3) is 0 Å². The van der Waals surface area contributed by atoms with Crippen LogP contribution in [0.4, 0.5) is 0 Å². The molecule has 3 nitrogen and oxygen atoms in total. The summed E-state index contributed by atoms with van der Waals surface area (Å²) >= 11 is 0. The molecule has 0 aliphatic heterocycles. The van der Waals surface area contributed by atoms with Crippen molar-refractivity contribution in [3.8, 4) is 0 Å². The van der Waals surface area contributed by atoms with Crippen molar-refractivity contribution in [1.29, 1.82) is 0 Å². The van der Waals surface area contributed by atoms with E-state index >= 15 is 0 Å². The highest BCUT2D eigenvalue weighted by atomic mass is 16.4. The molecule has 13 heavy (non-hydrogen) atoms. The van der Waals surface area contributed by atoms with Crippen LogP contribution in [0.3, 0.4) is 0 Å². The summed E-state index contributed by atoms with van der Waals surface area (Å²) in [6.45, 7) is 6.98. The van der Waals surface area contributed by atoms with Crippen molar-refractivity contribution in [2.24, 2.45) is 0 Å². The number of carboxylic acid groups (broad SMARTS) is 1. The molecule has 0 aliphatic carbocycles. The molecule has 0 aliphatic rings. The zero-order valence-electron chi connectivity index (χ0n) is 8.63. The van der Waals surface area contributed by atoms with Gasteiger partial charge < -0.3 is 10.4 Å². The molecular weight excluding hydrogens is 166 g/mol. The Bertz CT molecular complexity index is 185. The van der Waals surface area contributed by atoms with Gasteiger partial charge in [-0.1, -0.05) is 19.4 Å². The van der Waals surface area contributed by atoms with Crippen molar-refractivity contribution in [3.63, 3.8) is 0 Å². The second-order valence-corrected chi connectivity index (χ2v) is 3.76. The van der Waals surface area contributed by atoms with Gasteiger partial charge in [-0.15, -0.1) is 0 Å². The molecule has 0 aromatic rings. The van der Waals surface area contributed by atoms with E-state index in [9.17, 15) is 4.79 Å². The second-order valence-electron chi connectivity index (χ2n) is 3.76. The van der Waals surface area contributed by atoms with E-state index < -0.39 is 5.97 Å². The van der Waals surface area contributed by atoms with Crippen molar-refractivity contribution in [3.05, 3.63) is 12.2 Å². The maximum absolute atomic E-state index is 10.1. The van der Waals surface area contributed by atoms with Gasteiger partial charge in [-0.2, -0.15) is 0 Å². The summed E-state index contributed by atoms with van der Waals surface area (Å²) in [6, 6.07) is 0. The highest BCUT2D eigenvalue weighted by Gasteiger charge is 2.13. The van der Waals surface area contributed by atoms with E-state index in [2.05, 4.69) is 26.1 Å². The van der Waals surface area contributed by atoms with Gasteiger partial charge in [0.2, 0.25) is 0 Å². The minimum Gasteiger partial charge on any atom is -0.478 e. The van der Waals surface area contributed by atoms with Crippen LogP contribution < -0.4 is 5.32 Å². The largest absolute Gasteiger partial charge is 0.478 e. The number of aliphatic carboxylic acids is 1. The quantitative estimate of drug-likeness (QED) is 0.620. The number of rotatable bonds is 6. The number of hydrogen-bond acceptors (Lipinski definition) is 2. The van der Waals surface area contributed by atoms with Gasteiger partial charge in [-0.25, -0.2) is 4.79 Å². The first-order chi connectivity index (χ1) is 5.98. The molecule has 0 saturated carbocycles. The van der Waals surface area contributed by atoms with Gasteiger partial charge in [0.25, 0.3) is 0 Å². The van der Waals surface area contributed by atoms with E-state index in [0.29, 0.717) is 6.54 Å². The zero-order chi connectivity index (χ0) is 10.3. The molecule has 0 rings (SSSR count). The van der Waals surface area contributed by atoms with Crippen LogP contribution in [0.15, 0.2) is 12.2 Å². The van der Waals surface area contributed by atoms with E-state index in [1.807, 2.05) is 0 Å². The van der Waals surface area contributed by atoms with E-state index in [4.69, 9.17) is 5.11 Å². The van der Waals surface area contributed by atoms with Gasteiger partial charge in [0.15, 0.2) is 0 Å². The topological polar surface area (TPSA) is 49.3 Å². The van der Waals surface area contributed by atoms with Crippen LogP contribution >= 0.6 is 0 Å². The summed E-state index contributed by atoms with van der Waals surface area (Å²) in [7, 11) is 0. The molecule has 0 heterocycles. The van der Waals surface area contributed by atoms with Gasteiger partial charge in [0.05, 0.1) is 0 Å². The van der Waals surface area contributed by atoms with Crippen molar-refractivity contribution >= 4 is 5.97 Å². The standard InChI is InChI=1S/C10H19NO2/c1-4-7-10(2,3)11-8-5-6-9(12)13/h5-6,11H,4,7-8H2,1-3H3,(H,12,13)/b6-5+. The first kappa shape index (κ1) is 12.2. The van der Waals surface area contributed by atoms with Gasteiger partial charge in [-0.05, 0) is 20.3 Å². The normalized spacial score (nSPS) is 12.2. The van der Waals surface area contributed by atoms with Crippen LogP contribution in [0.5, 0.6) is 0 Å². The average Bonchev–Trinajstić information content (AvgIpc) is 1.98. The third kappa shape index (κ3) is 7.53. The fourth-order valence-corrected chi connectivity index (χ4v) is 1.21. The molecule has 0 saturated heterocycles. The van der Waals surface area contributed by atoms with E-state index in [1.165, 1.54) is 0 Å². The molecule has 0 spiro atoms. The predicted octanol–water partition coefficient (Wildman–Crippen LogP) is 1.80. The highest BCUT2D eigenvalue weighted by Crippen LogP contribution is 2.09. The fraction of sp³-hybridized carbons (Fsp3) is 0.700. The van der Waals surface area contributed by atoms with Crippen molar-refractivity contribution in [2.45, 2.75) is 39.2 Å². The Kier molecular flexibility index (Phi) is 5.39. The summed E-state index contributed by atoms with van der Waals surface area (Å²) < 4.78 is 0. The number of nitrogens with one attached hydrogen (secondary N) is 1. The van der Waals surface area contributed by atoms with Crippen LogP contribution in [-0.4, -0.2) is 23.2 Å². The van der Waals surface area contributed by atoms with Crippen molar-refractivity contribution < 1.29 is 9.90 Å². The first-order valence-corrected chi connectivity index (χ1v) is 4.62. The first-order valence-electron chi connectivity index (χ1n) is 4.62. The summed E-state index contributed by atoms with van der Waals surface area (Å²) in [6.07, 6.45) is 5.01. The lowest BCUT2D eigenvalue weighted by Gasteiger charge is -2.24. The molecule has 76 valence electrons. The molecule has 0 atom stereocenters. The lowest BCUT2D eigenvalue weighted by molar-refractivity contribution is -0.131. The van der Waals surface area contributed by atoms with Crippen molar-refractivity contribution in [2.75, 3.05) is 6.54 Å². The molecule has 0 amide bonds. The van der Waals surface area contributed by atoms with Gasteiger partial charge in [0, 0.05) is 18.2 Å². The molecule has 0 fully saturated rings. The van der Waals surface area contributed by atoms with E-state index in [0.717, 1.165) is 18.9 Å². The Morgan fingerprint density at radius 2 is 2.15 bits per heavy atom. The van der Waals surface area contributed by atoms with Crippen LogP contribution in [-0.2, 0) is 4.79 Å². The van der Waals surface area contributed by atoms with Crippen LogP contribution in [0, 0.1) is 0 Å². The maximum Gasteiger partial charge on any atom is 0.328 e. The summed E-state index contributed by atoms with van der Waals surface area (Å²) in [4.78, 5) is 10.1. The summed E-state index contributed by atoms with van der Waals surface area (Å²) in [5.74, 6) is -0.893. The Morgan fingerprint density at radius 3 is 2.62 bits per heavy atom. The Balaban J connectivity index is 3.68. The number of carbonyl (C=O) groups is 1. The lowest BCUT2D eigenvalue weighted by Crippen LogP contribution is -2.39. The molecule has 0 unspecified atom stereocenters. The Hall–Kier alpha value is -0.830. The van der Waals surface area contributed by atoms with Gasteiger partial charge >= 0.3 is 5.97 Å². The monoisotopic (exact) mass is 185 g/mol. The minimum atomic E-state index is -0.893. The van der Waals surface area contributed by atoms with E-state index in [-0.39, 0.29) is 5.54 Å². The summed E-state index contributed by atoms with van der Waals surface area (Å²) in [5, 5.41) is 11.6. The van der Waals surface area contributed by atoms with Crippen molar-refractivity contribution in [1.82, 2.24) is 5.32 Å². The molecule has 0 bridgehead atoms.